The minimum Gasteiger partial charge on any atom is -0.0880 e. The minimum absolute atomic E-state index is 0. The fourth-order valence-electron chi connectivity index (χ4n) is 18.4. The van der Waals surface area contributed by atoms with E-state index in [2.05, 4.69) is 261 Å². The molecule has 0 N–H and O–H groups in total. The molecule has 0 saturated heterocycles. The van der Waals surface area contributed by atoms with Crippen LogP contribution in [-0.4, -0.2) is 0 Å². The van der Waals surface area contributed by atoms with Gasteiger partial charge in [-0.1, -0.05) is 295 Å². The van der Waals surface area contributed by atoms with Gasteiger partial charge in [0.15, 0.2) is 0 Å². The Morgan fingerprint density at radius 3 is 0.684 bits per heavy atom. The van der Waals surface area contributed by atoms with Crippen molar-refractivity contribution in [3.05, 3.63) is 12.2 Å². The maximum Gasteiger partial charge on any atom is 0 e. The van der Waals surface area contributed by atoms with E-state index in [-0.39, 0.29) is 40.1 Å². The van der Waals surface area contributed by atoms with Gasteiger partial charge < -0.3 is 0 Å². The molecule has 9 saturated carbocycles. The van der Waals surface area contributed by atoms with Gasteiger partial charge in [0.1, 0.15) is 0 Å². The van der Waals surface area contributed by atoms with E-state index in [0.717, 1.165) is 23.7 Å². The summed E-state index contributed by atoms with van der Waals surface area (Å²) in [4.78, 5) is 0. The van der Waals surface area contributed by atoms with E-state index in [1.165, 1.54) is 83.5 Å². The molecule has 6 bridgehead atoms. The Bertz CT molecular complexity index is 1680. The second-order valence-electron chi connectivity index (χ2n) is 40.0. The Kier molecular flexibility index (Phi) is 26.6. The molecule has 9 fully saturated rings. The van der Waals surface area contributed by atoms with Crippen LogP contribution in [-0.2, 0) is 32.7 Å². The van der Waals surface area contributed by atoms with Gasteiger partial charge in [-0.2, -0.15) is 0 Å². The van der Waals surface area contributed by atoms with Crippen LogP contribution >= 0.6 is 0 Å². The largest absolute Gasteiger partial charge is 0.0880 e. The van der Waals surface area contributed by atoms with Crippen molar-refractivity contribution in [3.8, 4) is 0 Å². The molecule has 0 heterocycles. The molecule has 0 atom stereocenters. The van der Waals surface area contributed by atoms with Crippen LogP contribution in [0.2, 0.25) is 0 Å². The maximum absolute atomic E-state index is 2.58. The van der Waals surface area contributed by atoms with Gasteiger partial charge in [0, 0.05) is 32.7 Å². The van der Waals surface area contributed by atoms with Crippen LogP contribution in [0.15, 0.2) is 12.2 Å². The molecule has 79 heavy (non-hydrogen) atoms. The zero-order valence-corrected chi connectivity index (χ0v) is 64.1. The van der Waals surface area contributed by atoms with Crippen LogP contribution in [0.4, 0.5) is 0 Å². The van der Waals surface area contributed by atoms with E-state index in [9.17, 15) is 0 Å². The van der Waals surface area contributed by atoms with Crippen LogP contribution in [0.1, 0.15) is 372 Å². The molecule has 0 nitrogen and oxygen atoms in total. The van der Waals surface area contributed by atoms with E-state index < -0.39 is 0 Å². The average molecular weight is 1180 g/mol. The molecule has 10 aliphatic rings. The summed E-state index contributed by atoms with van der Waals surface area (Å²) in [7, 11) is 0. The van der Waals surface area contributed by atoms with Gasteiger partial charge in [0.25, 0.3) is 0 Å². The number of allylic oxidation sites excluding steroid dienone is 2. The fraction of sp³-hybridized carbons (Fsp3) is 0.974. The average Bonchev–Trinajstić information content (AvgIpc) is 3.66. The molecular formula is C78H154Y. The molecule has 0 aromatic heterocycles. The predicted octanol–water partition coefficient (Wildman–Crippen LogP) is 27.2. The quantitative estimate of drug-likeness (QED) is 0.212. The summed E-state index contributed by atoms with van der Waals surface area (Å²) >= 11 is 0. The SMILES string of the molecule is C.CC(C)(C)C.CC(C)(C)C.CC1(C)C(C)(C)C2(C)C(C)(C)C(C)(C)C1(C)C2(C)C.CC1(C)C2CC3CC(C2)CC1C3.CC1(C)C=CCCC1.CC1(C)CCCC1(C)C.CC1(C)CCCC1(C)C.CC1(C)CCCCC1(C)C.[Y]. The second-order valence-corrected chi connectivity index (χ2v) is 40.0. The first-order valence-corrected chi connectivity index (χ1v) is 33.4. The van der Waals surface area contributed by atoms with Gasteiger partial charge in [-0.25, -0.2) is 0 Å². The first kappa shape index (κ1) is 79.8. The first-order valence-electron chi connectivity index (χ1n) is 33.4. The van der Waals surface area contributed by atoms with Crippen LogP contribution in [0, 0.1) is 116 Å². The van der Waals surface area contributed by atoms with Crippen LogP contribution in [0.3, 0.4) is 0 Å². The maximum atomic E-state index is 2.58. The number of hydrogen-bond acceptors (Lipinski definition) is 0. The molecule has 10 aliphatic carbocycles. The molecule has 0 unspecified atom stereocenters. The monoisotopic (exact) mass is 1180 g/mol. The molecule has 0 spiro atoms. The van der Waals surface area contributed by atoms with Crippen molar-refractivity contribution in [2.45, 2.75) is 372 Å². The summed E-state index contributed by atoms with van der Waals surface area (Å²) < 4.78 is 0. The van der Waals surface area contributed by atoms with Crippen molar-refractivity contribution in [2.24, 2.45) is 116 Å². The zero-order chi connectivity index (χ0) is 61.0. The Balaban J connectivity index is 0.000000909. The molecule has 0 amide bonds. The Hall–Kier alpha value is 0.844. The van der Waals surface area contributed by atoms with Gasteiger partial charge in [-0.05, 0) is 206 Å². The van der Waals surface area contributed by atoms with Crippen molar-refractivity contribution >= 4 is 0 Å². The molecule has 0 aromatic carbocycles. The normalized spacial score (nSPS) is 34.6. The van der Waals surface area contributed by atoms with Crippen molar-refractivity contribution in [1.29, 1.82) is 0 Å². The third-order valence-electron chi connectivity index (χ3n) is 28.2. The summed E-state index contributed by atoms with van der Waals surface area (Å²) in [6.45, 7) is 86.3. The van der Waals surface area contributed by atoms with Crippen molar-refractivity contribution in [3.63, 3.8) is 0 Å². The number of rotatable bonds is 0. The van der Waals surface area contributed by atoms with Crippen LogP contribution < -0.4 is 0 Å². The Morgan fingerprint density at radius 1 is 0.304 bits per heavy atom. The summed E-state index contributed by atoms with van der Waals surface area (Å²) in [6, 6.07) is 0. The predicted molar refractivity (Wildman–Crippen MR) is 359 cm³/mol. The van der Waals surface area contributed by atoms with Crippen molar-refractivity contribution in [1.82, 2.24) is 0 Å². The van der Waals surface area contributed by atoms with E-state index in [1.54, 1.807) is 32.1 Å². The van der Waals surface area contributed by atoms with E-state index in [0.29, 0.717) is 92.1 Å². The van der Waals surface area contributed by atoms with Gasteiger partial charge >= 0.3 is 0 Å². The molecule has 10 rings (SSSR count). The summed E-state index contributed by atoms with van der Waals surface area (Å²) in [5, 5.41) is 0. The topological polar surface area (TPSA) is 0 Å². The molecular weight excluding hydrogens is 1030 g/mol. The van der Waals surface area contributed by atoms with Crippen LogP contribution in [0.5, 0.6) is 0 Å². The summed E-state index contributed by atoms with van der Waals surface area (Å²) in [5.41, 5.74) is 8.02. The number of fused-ring (bicyclic) bond motifs is 2. The van der Waals surface area contributed by atoms with Gasteiger partial charge in [0.2, 0.25) is 0 Å². The molecule has 1 heteroatoms. The Morgan fingerprint density at radius 2 is 0.532 bits per heavy atom. The first-order chi connectivity index (χ1) is 33.7. The number of hydrogen-bond donors (Lipinski definition) is 0. The van der Waals surface area contributed by atoms with E-state index in [4.69, 9.17) is 0 Å². The van der Waals surface area contributed by atoms with Crippen molar-refractivity contribution < 1.29 is 32.7 Å². The van der Waals surface area contributed by atoms with E-state index in [1.807, 2.05) is 0 Å². The van der Waals surface area contributed by atoms with E-state index >= 15 is 0 Å². The third kappa shape index (κ3) is 16.7. The van der Waals surface area contributed by atoms with Crippen LogP contribution in [0.25, 0.3) is 0 Å². The molecule has 0 aliphatic heterocycles. The van der Waals surface area contributed by atoms with Gasteiger partial charge in [-0.15, -0.1) is 0 Å². The molecule has 469 valence electrons. The molecule has 1 radical (unpaired) electrons. The minimum atomic E-state index is 0. The molecule has 0 aromatic rings. The summed E-state index contributed by atoms with van der Waals surface area (Å²) in [6.07, 6.45) is 30.8. The third-order valence-corrected chi connectivity index (χ3v) is 28.2. The Labute approximate surface area is 529 Å². The van der Waals surface area contributed by atoms with Gasteiger partial charge in [-0.3, -0.25) is 0 Å². The fourth-order valence-corrected chi connectivity index (χ4v) is 18.4. The second kappa shape index (κ2) is 26.3. The smallest absolute Gasteiger partial charge is 0 e. The summed E-state index contributed by atoms with van der Waals surface area (Å²) in [5.74, 6) is 4.46. The standard InChI is InChI=1S/C19H36.C12H20.C10H20.2C9H18.C8H14.2C5H12.CH4.Y/c1-13(2)14(3,4)19(12)16(7,8)15(5,6)18(13,11)17(19,9)10;1-12(2)10-4-8-3-9(6-10)7-11(12)5-8;1-9(2)7-5-6-8-10(9,3)4;2*1-8(2)6-5-7-9(8,3)4;1-8(2)6-4-3-5-7-8;2*1-5(2,3)4;;/h1-12H3;8-11H,3-7H2,1-2H3;5-8H2,1-4H3;2*5-7H2,1-4H3;4,6H,3,5,7H2,1-2H3;2*1-4H3;1H4;. The zero-order valence-electron chi connectivity index (χ0n) is 61.3. The van der Waals surface area contributed by atoms with Gasteiger partial charge in [0.05, 0.1) is 0 Å². The van der Waals surface area contributed by atoms with Crippen molar-refractivity contribution in [2.75, 3.05) is 0 Å².